The minimum atomic E-state index is 0.155. The Bertz CT molecular complexity index is 374. The molecule has 17 heavy (non-hydrogen) atoms. The molecule has 1 rings (SSSR count). The van der Waals surface area contributed by atoms with Gasteiger partial charge >= 0.3 is 0 Å². The second-order valence-electron chi connectivity index (χ2n) is 4.30. The molecule has 0 saturated heterocycles. The molecule has 0 bridgehead atoms. The number of benzene rings is 1. The van der Waals surface area contributed by atoms with E-state index in [0.717, 1.165) is 22.9 Å². The average Bonchev–Trinajstić information content (AvgIpc) is 2.33. The molecule has 2 nitrogen and oxygen atoms in total. The number of nitrogens with zero attached hydrogens (tertiary/aromatic N) is 1. The van der Waals surface area contributed by atoms with E-state index in [2.05, 4.69) is 29.8 Å². The van der Waals surface area contributed by atoms with Crippen LogP contribution in [0.5, 0.6) is 0 Å². The second-order valence-corrected chi connectivity index (χ2v) is 5.15. The van der Waals surface area contributed by atoms with Crippen LogP contribution in [-0.4, -0.2) is 17.9 Å². The number of carbonyl (C=O) groups is 1. The van der Waals surface area contributed by atoms with E-state index in [9.17, 15) is 4.79 Å². The predicted octanol–water partition coefficient (Wildman–Crippen LogP) is 3.84. The van der Waals surface area contributed by atoms with E-state index in [4.69, 9.17) is 0 Å². The second kappa shape index (κ2) is 6.80. The Morgan fingerprint density at radius 2 is 1.88 bits per heavy atom. The molecule has 0 spiro atoms. The SMILES string of the molecule is CCC(CC)C(=O)N(C)Cc1ccccc1Br. The van der Waals surface area contributed by atoms with Crippen LogP contribution < -0.4 is 0 Å². The molecule has 1 aromatic rings. The number of carbonyl (C=O) groups excluding carboxylic acids is 1. The van der Waals surface area contributed by atoms with Gasteiger partial charge in [0.15, 0.2) is 0 Å². The Morgan fingerprint density at radius 3 is 2.41 bits per heavy atom. The normalized spacial score (nSPS) is 10.6. The van der Waals surface area contributed by atoms with Crippen molar-refractivity contribution in [2.45, 2.75) is 33.2 Å². The van der Waals surface area contributed by atoms with Crippen LogP contribution in [0.4, 0.5) is 0 Å². The molecule has 0 saturated carbocycles. The van der Waals surface area contributed by atoms with Gasteiger partial charge < -0.3 is 4.90 Å². The molecule has 1 aromatic carbocycles. The van der Waals surface area contributed by atoms with Gasteiger partial charge in [0.2, 0.25) is 5.91 Å². The highest BCUT2D eigenvalue weighted by Crippen LogP contribution is 2.19. The van der Waals surface area contributed by atoms with Gasteiger partial charge in [-0.15, -0.1) is 0 Å². The standard InChI is InChI=1S/C14H20BrNO/c1-4-11(5-2)14(17)16(3)10-12-8-6-7-9-13(12)15/h6-9,11H,4-5,10H2,1-3H3. The molecule has 0 aromatic heterocycles. The highest BCUT2D eigenvalue weighted by Gasteiger charge is 2.18. The van der Waals surface area contributed by atoms with Crippen LogP contribution >= 0.6 is 15.9 Å². The van der Waals surface area contributed by atoms with Crippen LogP contribution in [0.15, 0.2) is 28.7 Å². The van der Waals surface area contributed by atoms with Crippen molar-refractivity contribution in [1.82, 2.24) is 4.90 Å². The Hall–Kier alpha value is -0.830. The van der Waals surface area contributed by atoms with Gasteiger partial charge in [-0.05, 0) is 24.5 Å². The number of hydrogen-bond donors (Lipinski definition) is 0. The van der Waals surface area contributed by atoms with Gasteiger partial charge in [-0.25, -0.2) is 0 Å². The summed E-state index contributed by atoms with van der Waals surface area (Å²) in [6, 6.07) is 8.03. The average molecular weight is 298 g/mol. The molecule has 0 aliphatic rings. The fourth-order valence-corrected chi connectivity index (χ4v) is 2.32. The quantitative estimate of drug-likeness (QED) is 0.808. The van der Waals surface area contributed by atoms with Crippen LogP contribution in [0.3, 0.4) is 0 Å². The molecule has 0 atom stereocenters. The van der Waals surface area contributed by atoms with E-state index in [1.807, 2.05) is 36.2 Å². The summed E-state index contributed by atoms with van der Waals surface area (Å²) < 4.78 is 1.06. The summed E-state index contributed by atoms with van der Waals surface area (Å²) >= 11 is 3.51. The molecule has 0 aliphatic heterocycles. The lowest BCUT2D eigenvalue weighted by Crippen LogP contribution is -2.32. The molecule has 0 heterocycles. The van der Waals surface area contributed by atoms with Crippen LogP contribution in [0.1, 0.15) is 32.3 Å². The van der Waals surface area contributed by atoms with Crippen molar-refractivity contribution in [3.05, 3.63) is 34.3 Å². The highest BCUT2D eigenvalue weighted by atomic mass is 79.9. The van der Waals surface area contributed by atoms with E-state index in [1.54, 1.807) is 0 Å². The summed E-state index contributed by atoms with van der Waals surface area (Å²) in [6.45, 7) is 4.80. The number of halogens is 1. The third-order valence-electron chi connectivity index (χ3n) is 3.08. The maximum Gasteiger partial charge on any atom is 0.225 e. The minimum Gasteiger partial charge on any atom is -0.341 e. The van der Waals surface area contributed by atoms with Crippen LogP contribution in [0, 0.1) is 5.92 Å². The largest absolute Gasteiger partial charge is 0.341 e. The highest BCUT2D eigenvalue weighted by molar-refractivity contribution is 9.10. The molecular weight excluding hydrogens is 278 g/mol. The third kappa shape index (κ3) is 3.84. The Balaban J connectivity index is 2.69. The summed E-state index contributed by atoms with van der Waals surface area (Å²) in [7, 11) is 1.88. The Labute approximate surface area is 112 Å². The predicted molar refractivity (Wildman–Crippen MR) is 74.7 cm³/mol. The fraction of sp³-hybridized carbons (Fsp3) is 0.500. The number of hydrogen-bond acceptors (Lipinski definition) is 1. The van der Waals surface area contributed by atoms with Gasteiger partial charge in [-0.1, -0.05) is 48.0 Å². The van der Waals surface area contributed by atoms with Gasteiger partial charge in [0.1, 0.15) is 0 Å². The van der Waals surface area contributed by atoms with Crippen molar-refractivity contribution in [2.24, 2.45) is 5.92 Å². The first-order chi connectivity index (χ1) is 8.10. The first-order valence-electron chi connectivity index (χ1n) is 6.08. The van der Waals surface area contributed by atoms with Crippen LogP contribution in [0.2, 0.25) is 0 Å². The molecule has 0 radical (unpaired) electrons. The molecule has 94 valence electrons. The monoisotopic (exact) mass is 297 g/mol. The van der Waals surface area contributed by atoms with E-state index in [0.29, 0.717) is 6.54 Å². The summed E-state index contributed by atoms with van der Waals surface area (Å²) in [4.78, 5) is 13.9. The first kappa shape index (κ1) is 14.2. The van der Waals surface area contributed by atoms with E-state index < -0.39 is 0 Å². The minimum absolute atomic E-state index is 0.155. The molecule has 0 fully saturated rings. The number of amides is 1. The zero-order chi connectivity index (χ0) is 12.8. The summed E-state index contributed by atoms with van der Waals surface area (Å²) in [5.41, 5.74) is 1.15. The van der Waals surface area contributed by atoms with Crippen LogP contribution in [0.25, 0.3) is 0 Å². The summed E-state index contributed by atoms with van der Waals surface area (Å²) in [5, 5.41) is 0. The molecule has 0 aliphatic carbocycles. The van der Waals surface area contributed by atoms with E-state index in [1.165, 1.54) is 0 Å². The smallest absolute Gasteiger partial charge is 0.225 e. The van der Waals surface area contributed by atoms with Gasteiger partial charge in [-0.3, -0.25) is 4.79 Å². The van der Waals surface area contributed by atoms with E-state index >= 15 is 0 Å². The van der Waals surface area contributed by atoms with Crippen molar-refractivity contribution in [1.29, 1.82) is 0 Å². The molecule has 0 unspecified atom stereocenters. The summed E-state index contributed by atoms with van der Waals surface area (Å²) in [5.74, 6) is 0.397. The lowest BCUT2D eigenvalue weighted by molar-refractivity contribution is -0.134. The maximum atomic E-state index is 12.1. The summed E-state index contributed by atoms with van der Waals surface area (Å²) in [6.07, 6.45) is 1.82. The molecule has 0 N–H and O–H groups in total. The van der Waals surface area contributed by atoms with Gasteiger partial charge in [-0.2, -0.15) is 0 Å². The maximum absolute atomic E-state index is 12.1. The molecule has 1 amide bonds. The van der Waals surface area contributed by atoms with Gasteiger partial charge in [0.25, 0.3) is 0 Å². The Morgan fingerprint density at radius 1 is 1.29 bits per heavy atom. The van der Waals surface area contributed by atoms with Crippen molar-refractivity contribution in [3.63, 3.8) is 0 Å². The van der Waals surface area contributed by atoms with Crippen molar-refractivity contribution in [3.8, 4) is 0 Å². The molecule has 3 heteroatoms. The van der Waals surface area contributed by atoms with E-state index in [-0.39, 0.29) is 11.8 Å². The lowest BCUT2D eigenvalue weighted by Gasteiger charge is -2.22. The number of rotatable bonds is 5. The van der Waals surface area contributed by atoms with Gasteiger partial charge in [0, 0.05) is 24.0 Å². The Kier molecular flexibility index (Phi) is 5.69. The first-order valence-corrected chi connectivity index (χ1v) is 6.87. The fourth-order valence-electron chi connectivity index (χ4n) is 1.91. The van der Waals surface area contributed by atoms with Crippen LogP contribution in [-0.2, 0) is 11.3 Å². The van der Waals surface area contributed by atoms with Crippen molar-refractivity contribution < 1.29 is 4.79 Å². The molecular formula is C14H20BrNO. The topological polar surface area (TPSA) is 20.3 Å². The zero-order valence-electron chi connectivity index (χ0n) is 10.7. The van der Waals surface area contributed by atoms with Crippen molar-refractivity contribution >= 4 is 21.8 Å². The van der Waals surface area contributed by atoms with Gasteiger partial charge in [0.05, 0.1) is 0 Å². The zero-order valence-corrected chi connectivity index (χ0v) is 12.3. The van der Waals surface area contributed by atoms with Crippen molar-refractivity contribution in [2.75, 3.05) is 7.05 Å². The lowest BCUT2D eigenvalue weighted by atomic mass is 10.0. The third-order valence-corrected chi connectivity index (χ3v) is 3.85.